The smallest absolute Gasteiger partial charge is 0.261 e. The lowest BCUT2D eigenvalue weighted by atomic mass is 10.2. The molecule has 0 N–H and O–H groups in total. The van der Waals surface area contributed by atoms with Crippen LogP contribution in [-0.4, -0.2) is 19.3 Å². The second-order valence-corrected chi connectivity index (χ2v) is 5.05. The third-order valence-corrected chi connectivity index (χ3v) is 3.42. The predicted molar refractivity (Wildman–Crippen MR) is 77.7 cm³/mol. The summed E-state index contributed by atoms with van der Waals surface area (Å²) in [4.78, 5) is 16.9. The van der Waals surface area contributed by atoms with Crippen molar-refractivity contribution >= 4 is 10.9 Å². The maximum atomic E-state index is 12.5. The summed E-state index contributed by atoms with van der Waals surface area (Å²) in [6.07, 6.45) is 5.24. The molecule has 20 heavy (non-hydrogen) atoms. The molecule has 3 rings (SSSR count). The SMILES string of the molecule is Cc1ccc2c(=O)n(C(C)Cn3cccn3)cnc2c1. The van der Waals surface area contributed by atoms with E-state index in [0.29, 0.717) is 11.9 Å². The lowest BCUT2D eigenvalue weighted by Crippen LogP contribution is -2.26. The number of aryl methyl sites for hydroxylation is 1. The molecule has 2 heterocycles. The lowest BCUT2D eigenvalue weighted by molar-refractivity contribution is 0.426. The van der Waals surface area contributed by atoms with Gasteiger partial charge in [0.2, 0.25) is 0 Å². The zero-order chi connectivity index (χ0) is 14.1. The minimum atomic E-state index is -0.00495. The van der Waals surface area contributed by atoms with Gasteiger partial charge in [0.15, 0.2) is 0 Å². The van der Waals surface area contributed by atoms with Crippen LogP contribution in [0.3, 0.4) is 0 Å². The molecule has 5 heteroatoms. The predicted octanol–water partition coefficient (Wildman–Crippen LogP) is 2.16. The molecule has 0 spiro atoms. The van der Waals surface area contributed by atoms with Crippen molar-refractivity contribution in [3.05, 3.63) is 58.9 Å². The van der Waals surface area contributed by atoms with Crippen molar-refractivity contribution in [3.8, 4) is 0 Å². The average Bonchev–Trinajstić information content (AvgIpc) is 2.91. The maximum absolute atomic E-state index is 12.5. The van der Waals surface area contributed by atoms with Crippen molar-refractivity contribution in [3.63, 3.8) is 0 Å². The molecule has 0 amide bonds. The van der Waals surface area contributed by atoms with Gasteiger partial charge in [-0.2, -0.15) is 5.10 Å². The summed E-state index contributed by atoms with van der Waals surface area (Å²) in [5.41, 5.74) is 1.85. The van der Waals surface area contributed by atoms with Gasteiger partial charge in [0.1, 0.15) is 0 Å². The Balaban J connectivity index is 2.01. The molecule has 0 fully saturated rings. The first kappa shape index (κ1) is 12.6. The van der Waals surface area contributed by atoms with Gasteiger partial charge in [0, 0.05) is 12.4 Å². The van der Waals surface area contributed by atoms with Gasteiger partial charge in [-0.25, -0.2) is 4.98 Å². The highest BCUT2D eigenvalue weighted by Crippen LogP contribution is 2.11. The second-order valence-electron chi connectivity index (χ2n) is 5.05. The molecule has 1 aromatic carbocycles. The van der Waals surface area contributed by atoms with Gasteiger partial charge in [-0.3, -0.25) is 14.0 Å². The summed E-state index contributed by atoms with van der Waals surface area (Å²) < 4.78 is 3.48. The van der Waals surface area contributed by atoms with Gasteiger partial charge in [0.05, 0.1) is 29.8 Å². The Labute approximate surface area is 116 Å². The standard InChI is InChI=1S/C15H16N4O/c1-11-4-5-13-14(8-11)16-10-19(15(13)20)12(2)9-18-7-3-6-17-18/h3-8,10,12H,9H2,1-2H3. The normalized spacial score (nSPS) is 12.7. The number of hydrogen-bond donors (Lipinski definition) is 0. The van der Waals surface area contributed by atoms with Crippen molar-refractivity contribution in [2.45, 2.75) is 26.4 Å². The average molecular weight is 268 g/mol. The molecule has 0 aliphatic carbocycles. The van der Waals surface area contributed by atoms with E-state index in [9.17, 15) is 4.79 Å². The summed E-state index contributed by atoms with van der Waals surface area (Å²) >= 11 is 0. The molecular formula is C15H16N4O. The molecule has 0 saturated heterocycles. The number of rotatable bonds is 3. The fraction of sp³-hybridized carbons (Fsp3) is 0.267. The summed E-state index contributed by atoms with van der Waals surface area (Å²) in [6.45, 7) is 4.63. The summed E-state index contributed by atoms with van der Waals surface area (Å²) in [6, 6.07) is 7.59. The fourth-order valence-corrected chi connectivity index (χ4v) is 2.33. The molecule has 1 unspecified atom stereocenters. The molecule has 2 aromatic heterocycles. The molecule has 0 aliphatic heterocycles. The number of benzene rings is 1. The molecule has 1 atom stereocenters. The monoisotopic (exact) mass is 268 g/mol. The zero-order valence-corrected chi connectivity index (χ0v) is 11.5. The van der Waals surface area contributed by atoms with E-state index in [-0.39, 0.29) is 11.6 Å². The summed E-state index contributed by atoms with van der Waals surface area (Å²) in [7, 11) is 0. The molecule has 0 aliphatic rings. The lowest BCUT2D eigenvalue weighted by Gasteiger charge is -2.15. The van der Waals surface area contributed by atoms with Crippen molar-refractivity contribution in [2.75, 3.05) is 0 Å². The Bertz CT molecular complexity index is 789. The first-order valence-electron chi connectivity index (χ1n) is 6.60. The van der Waals surface area contributed by atoms with E-state index in [4.69, 9.17) is 0 Å². The van der Waals surface area contributed by atoms with E-state index >= 15 is 0 Å². The van der Waals surface area contributed by atoms with Crippen LogP contribution < -0.4 is 5.56 Å². The highest BCUT2D eigenvalue weighted by Gasteiger charge is 2.10. The van der Waals surface area contributed by atoms with Crippen molar-refractivity contribution in [2.24, 2.45) is 0 Å². The van der Waals surface area contributed by atoms with E-state index in [1.165, 1.54) is 0 Å². The van der Waals surface area contributed by atoms with Gasteiger partial charge in [-0.1, -0.05) is 6.07 Å². The molecule has 102 valence electrons. The van der Waals surface area contributed by atoms with Crippen LogP contribution in [-0.2, 0) is 6.54 Å². The molecular weight excluding hydrogens is 252 g/mol. The van der Waals surface area contributed by atoms with Gasteiger partial charge in [0.25, 0.3) is 5.56 Å². The Morgan fingerprint density at radius 3 is 2.95 bits per heavy atom. The molecule has 3 aromatic rings. The third kappa shape index (κ3) is 2.22. The first-order chi connectivity index (χ1) is 9.65. The van der Waals surface area contributed by atoms with Crippen molar-refractivity contribution < 1.29 is 0 Å². The van der Waals surface area contributed by atoms with E-state index < -0.39 is 0 Å². The highest BCUT2D eigenvalue weighted by molar-refractivity contribution is 5.77. The van der Waals surface area contributed by atoms with Crippen LogP contribution >= 0.6 is 0 Å². The largest absolute Gasteiger partial charge is 0.294 e. The minimum absolute atomic E-state index is 0.000558. The zero-order valence-electron chi connectivity index (χ0n) is 11.5. The first-order valence-corrected chi connectivity index (χ1v) is 6.60. The van der Waals surface area contributed by atoms with Crippen molar-refractivity contribution in [1.82, 2.24) is 19.3 Å². The van der Waals surface area contributed by atoms with E-state index in [1.54, 1.807) is 17.1 Å². The number of hydrogen-bond acceptors (Lipinski definition) is 3. The fourth-order valence-electron chi connectivity index (χ4n) is 2.33. The van der Waals surface area contributed by atoms with Crippen LogP contribution in [0.5, 0.6) is 0 Å². The molecule has 5 nitrogen and oxygen atoms in total. The van der Waals surface area contributed by atoms with Gasteiger partial charge < -0.3 is 0 Å². The van der Waals surface area contributed by atoms with Crippen LogP contribution in [0.15, 0.2) is 47.8 Å². The Morgan fingerprint density at radius 1 is 1.35 bits per heavy atom. The Kier molecular flexibility index (Phi) is 3.10. The second kappa shape index (κ2) is 4.92. The van der Waals surface area contributed by atoms with Crippen LogP contribution in [0, 0.1) is 6.92 Å². The van der Waals surface area contributed by atoms with Gasteiger partial charge in [-0.05, 0) is 37.6 Å². The Hall–Kier alpha value is -2.43. The van der Waals surface area contributed by atoms with Crippen LogP contribution in [0.25, 0.3) is 10.9 Å². The van der Waals surface area contributed by atoms with Crippen LogP contribution in [0.2, 0.25) is 0 Å². The number of aromatic nitrogens is 4. The maximum Gasteiger partial charge on any atom is 0.261 e. The van der Waals surface area contributed by atoms with Gasteiger partial charge >= 0.3 is 0 Å². The molecule has 0 bridgehead atoms. The molecule has 0 saturated carbocycles. The third-order valence-electron chi connectivity index (χ3n) is 3.42. The highest BCUT2D eigenvalue weighted by atomic mass is 16.1. The van der Waals surface area contributed by atoms with E-state index in [0.717, 1.165) is 11.1 Å². The van der Waals surface area contributed by atoms with Crippen LogP contribution in [0.4, 0.5) is 0 Å². The van der Waals surface area contributed by atoms with Crippen molar-refractivity contribution in [1.29, 1.82) is 0 Å². The quantitative estimate of drug-likeness (QED) is 0.731. The van der Waals surface area contributed by atoms with E-state index in [2.05, 4.69) is 10.1 Å². The van der Waals surface area contributed by atoms with E-state index in [1.807, 2.05) is 49.0 Å². The topological polar surface area (TPSA) is 52.7 Å². The Morgan fingerprint density at radius 2 is 2.20 bits per heavy atom. The number of fused-ring (bicyclic) bond motifs is 1. The van der Waals surface area contributed by atoms with Crippen LogP contribution in [0.1, 0.15) is 18.5 Å². The number of nitrogens with zero attached hydrogens (tertiary/aromatic N) is 4. The minimum Gasteiger partial charge on any atom is -0.294 e. The summed E-state index contributed by atoms with van der Waals surface area (Å²) in [5.74, 6) is 0. The van der Waals surface area contributed by atoms with Gasteiger partial charge in [-0.15, -0.1) is 0 Å². The summed E-state index contributed by atoms with van der Waals surface area (Å²) in [5, 5.41) is 4.82. The molecule has 0 radical (unpaired) electrons.